The lowest BCUT2D eigenvalue weighted by molar-refractivity contribution is -0.137. The Hall–Kier alpha value is -4.55. The second-order valence-electron chi connectivity index (χ2n) is 10.6. The minimum absolute atomic E-state index is 0.269. The number of imide groups is 1. The number of nitrogen functional groups attached to an aromatic ring is 1. The molecule has 1 heterocycles. The molecule has 13 heteroatoms. The molecule has 1 aromatic heterocycles. The quantitative estimate of drug-likeness (QED) is 0.298. The number of hydrogen-bond acceptors (Lipinski definition) is 7. The van der Waals surface area contributed by atoms with Gasteiger partial charge in [0.15, 0.2) is 0 Å². The maximum Gasteiger partial charge on any atom is 0.437 e. The molecule has 0 saturated carbocycles. The Balaban J connectivity index is 2.24. The zero-order chi connectivity index (χ0) is 30.0. The predicted octanol–water partition coefficient (Wildman–Crippen LogP) is 6.21. The van der Waals surface area contributed by atoms with Gasteiger partial charge in [-0.1, -0.05) is 6.07 Å². The van der Waals surface area contributed by atoms with Gasteiger partial charge in [0.25, 0.3) is 0 Å². The molecule has 3 rings (SSSR count). The number of hydrogen-bond donors (Lipinski definition) is 1. The number of halogens is 3. The first-order valence-electron chi connectivity index (χ1n) is 12.0. The number of nitrogens with zero attached hydrogens (tertiary/aromatic N) is 4. The van der Waals surface area contributed by atoms with Crippen LogP contribution in [0.15, 0.2) is 60.9 Å². The van der Waals surface area contributed by atoms with Crippen molar-refractivity contribution < 1.29 is 37.0 Å². The fourth-order valence-corrected chi connectivity index (χ4v) is 3.38. The van der Waals surface area contributed by atoms with E-state index >= 15 is 0 Å². The number of amides is 3. The third kappa shape index (κ3) is 7.30. The van der Waals surface area contributed by atoms with Crippen LogP contribution in [-0.2, 0) is 15.7 Å². The van der Waals surface area contributed by atoms with Gasteiger partial charge in [-0.2, -0.15) is 18.2 Å². The standard InChI is InChI=1S/C27H30F3N5O5/c1-25(2,3)39-23(37)34(20-9-7-8-17(16-20)27(28,29)30)35(24(38)40-26(4,5)6)22(36)21-32-14-15-33(21)19-12-10-18(31)11-13-19/h7-16H,31H2,1-6H3. The highest BCUT2D eigenvalue weighted by Gasteiger charge is 2.42. The van der Waals surface area contributed by atoms with E-state index in [0.29, 0.717) is 22.5 Å². The summed E-state index contributed by atoms with van der Waals surface area (Å²) in [5.74, 6) is -1.53. The van der Waals surface area contributed by atoms with E-state index in [4.69, 9.17) is 15.2 Å². The predicted molar refractivity (Wildman–Crippen MR) is 141 cm³/mol. The van der Waals surface area contributed by atoms with Crippen molar-refractivity contribution in [3.63, 3.8) is 0 Å². The number of benzene rings is 2. The van der Waals surface area contributed by atoms with Crippen molar-refractivity contribution in [2.75, 3.05) is 10.7 Å². The molecule has 0 bridgehead atoms. The van der Waals surface area contributed by atoms with Crippen LogP contribution in [0.3, 0.4) is 0 Å². The van der Waals surface area contributed by atoms with Crippen LogP contribution in [0.2, 0.25) is 0 Å². The summed E-state index contributed by atoms with van der Waals surface area (Å²) in [5.41, 5.74) is 2.73. The van der Waals surface area contributed by atoms with E-state index in [1.807, 2.05) is 0 Å². The molecule has 0 atom stereocenters. The smallest absolute Gasteiger partial charge is 0.437 e. The van der Waals surface area contributed by atoms with Crippen LogP contribution < -0.4 is 10.7 Å². The summed E-state index contributed by atoms with van der Waals surface area (Å²) < 4.78 is 52.9. The van der Waals surface area contributed by atoms with Gasteiger partial charge < -0.3 is 15.2 Å². The Kier molecular flexibility index (Phi) is 8.18. The SMILES string of the molecule is CC(C)(C)OC(=O)N(C(=O)c1nccn1-c1ccc(N)cc1)N(C(=O)OC(C)(C)C)c1cccc(C(F)(F)F)c1. The van der Waals surface area contributed by atoms with Gasteiger partial charge in [-0.3, -0.25) is 9.36 Å². The van der Waals surface area contributed by atoms with Gasteiger partial charge >= 0.3 is 24.3 Å². The molecule has 0 saturated heterocycles. The van der Waals surface area contributed by atoms with Gasteiger partial charge in [0, 0.05) is 23.8 Å². The summed E-state index contributed by atoms with van der Waals surface area (Å²) in [6.07, 6.45) is -4.75. The van der Waals surface area contributed by atoms with E-state index in [-0.39, 0.29) is 10.8 Å². The van der Waals surface area contributed by atoms with E-state index in [1.165, 1.54) is 58.5 Å². The van der Waals surface area contributed by atoms with E-state index in [2.05, 4.69) is 4.98 Å². The van der Waals surface area contributed by atoms with Crippen LogP contribution in [0.1, 0.15) is 57.7 Å². The molecule has 3 amide bonds. The summed E-state index contributed by atoms with van der Waals surface area (Å²) in [6.45, 7) is 9.11. The highest BCUT2D eigenvalue weighted by atomic mass is 19.4. The molecule has 40 heavy (non-hydrogen) atoms. The zero-order valence-electron chi connectivity index (χ0n) is 22.8. The topological polar surface area (TPSA) is 120 Å². The van der Waals surface area contributed by atoms with Gasteiger partial charge in [-0.15, -0.1) is 5.01 Å². The first kappa shape index (κ1) is 30.0. The van der Waals surface area contributed by atoms with Gasteiger partial charge in [0.1, 0.15) is 11.2 Å². The number of carbonyl (C=O) groups excluding carboxylic acids is 3. The third-order valence-corrected chi connectivity index (χ3v) is 4.95. The Morgan fingerprint density at radius 2 is 1.45 bits per heavy atom. The van der Waals surface area contributed by atoms with Gasteiger partial charge in [0.2, 0.25) is 5.82 Å². The second kappa shape index (κ2) is 10.9. The van der Waals surface area contributed by atoms with Crippen molar-refractivity contribution in [1.29, 1.82) is 0 Å². The molecule has 0 radical (unpaired) electrons. The summed E-state index contributed by atoms with van der Waals surface area (Å²) in [4.78, 5) is 45.1. The van der Waals surface area contributed by atoms with Crippen molar-refractivity contribution in [3.05, 3.63) is 72.3 Å². The molecule has 0 aliphatic rings. The van der Waals surface area contributed by atoms with Crippen LogP contribution >= 0.6 is 0 Å². The Bertz CT molecular complexity index is 1390. The van der Waals surface area contributed by atoms with Crippen molar-refractivity contribution >= 4 is 29.5 Å². The van der Waals surface area contributed by atoms with Crippen molar-refractivity contribution in [3.8, 4) is 5.69 Å². The maximum absolute atomic E-state index is 14.0. The number of nitrogens with two attached hydrogens (primary N) is 1. The number of ether oxygens (including phenoxy) is 2. The summed E-state index contributed by atoms with van der Waals surface area (Å²) in [7, 11) is 0. The third-order valence-electron chi connectivity index (χ3n) is 4.95. The lowest BCUT2D eigenvalue weighted by atomic mass is 10.2. The van der Waals surface area contributed by atoms with Gasteiger partial charge in [-0.25, -0.2) is 14.6 Å². The van der Waals surface area contributed by atoms with Crippen LogP contribution in [0.25, 0.3) is 5.69 Å². The minimum atomic E-state index is -4.79. The van der Waals surface area contributed by atoms with Crippen LogP contribution in [0.5, 0.6) is 0 Å². The summed E-state index contributed by atoms with van der Waals surface area (Å²) in [5, 5.41) is 0.670. The monoisotopic (exact) mass is 561 g/mol. The summed E-state index contributed by atoms with van der Waals surface area (Å²) >= 11 is 0. The molecule has 3 aromatic rings. The largest absolute Gasteiger partial charge is 0.442 e. The number of aromatic nitrogens is 2. The van der Waals surface area contributed by atoms with E-state index < -0.39 is 46.7 Å². The van der Waals surface area contributed by atoms with Crippen LogP contribution in [0, 0.1) is 0 Å². The molecular weight excluding hydrogens is 531 g/mol. The fourth-order valence-electron chi connectivity index (χ4n) is 3.38. The number of imidazole rings is 1. The number of carbonyl (C=O) groups is 3. The molecule has 214 valence electrons. The molecule has 2 aromatic carbocycles. The van der Waals surface area contributed by atoms with Crippen molar-refractivity contribution in [1.82, 2.24) is 14.6 Å². The van der Waals surface area contributed by atoms with Gasteiger partial charge in [0.05, 0.1) is 11.3 Å². The Labute approximate surface area is 229 Å². The first-order chi connectivity index (χ1) is 18.4. The molecule has 2 N–H and O–H groups in total. The molecule has 0 aliphatic carbocycles. The first-order valence-corrected chi connectivity index (χ1v) is 12.0. The van der Waals surface area contributed by atoms with Crippen molar-refractivity contribution in [2.24, 2.45) is 0 Å². The molecule has 0 fully saturated rings. The highest BCUT2D eigenvalue weighted by molar-refractivity contribution is 6.07. The fraction of sp³-hybridized carbons (Fsp3) is 0.333. The zero-order valence-corrected chi connectivity index (χ0v) is 22.8. The van der Waals surface area contributed by atoms with Crippen molar-refractivity contribution in [2.45, 2.75) is 58.9 Å². The van der Waals surface area contributed by atoms with Gasteiger partial charge in [-0.05, 0) is 84.0 Å². The molecular formula is C27H30F3N5O5. The Morgan fingerprint density at radius 3 is 2.00 bits per heavy atom. The molecule has 0 unspecified atom stereocenters. The number of anilines is 2. The molecule has 0 aliphatic heterocycles. The average Bonchev–Trinajstić information content (AvgIpc) is 3.29. The highest BCUT2D eigenvalue weighted by Crippen LogP contribution is 2.33. The van der Waals surface area contributed by atoms with Crippen LogP contribution in [0.4, 0.5) is 34.1 Å². The van der Waals surface area contributed by atoms with E-state index in [9.17, 15) is 27.6 Å². The minimum Gasteiger partial charge on any atom is -0.442 e. The molecule has 0 spiro atoms. The average molecular weight is 562 g/mol. The normalized spacial score (nSPS) is 12.0. The summed E-state index contributed by atoms with van der Waals surface area (Å²) in [6, 6.07) is 9.87. The second-order valence-corrected chi connectivity index (χ2v) is 10.6. The number of hydrazine groups is 1. The lowest BCUT2D eigenvalue weighted by Crippen LogP contribution is -2.56. The molecule has 10 nitrogen and oxygen atoms in total. The van der Waals surface area contributed by atoms with E-state index in [1.54, 1.807) is 24.3 Å². The number of rotatable bonds is 3. The number of alkyl halides is 3. The van der Waals surface area contributed by atoms with Crippen LogP contribution in [-0.4, -0.2) is 43.9 Å². The maximum atomic E-state index is 14.0. The Morgan fingerprint density at radius 1 is 0.875 bits per heavy atom. The lowest BCUT2D eigenvalue weighted by Gasteiger charge is -2.35. The van der Waals surface area contributed by atoms with E-state index in [0.717, 1.165) is 18.2 Å².